The number of aromatic nitrogens is 1. The normalized spacial score (nSPS) is 11.5. The quantitative estimate of drug-likeness (QED) is 0.402. The van der Waals surface area contributed by atoms with Crippen molar-refractivity contribution in [2.24, 2.45) is 4.99 Å². The van der Waals surface area contributed by atoms with E-state index in [0.29, 0.717) is 6.54 Å². The van der Waals surface area contributed by atoms with Crippen LogP contribution in [0.4, 0.5) is 0 Å². The van der Waals surface area contributed by atoms with E-state index in [2.05, 4.69) is 51.3 Å². The van der Waals surface area contributed by atoms with Crippen LogP contribution in [0.15, 0.2) is 40.7 Å². The number of thiazole rings is 1. The Balaban J connectivity index is 1.87. The Hall–Kier alpha value is -1.53. The number of nitrogens with one attached hydrogen (secondary N) is 2. The highest BCUT2D eigenvalue weighted by molar-refractivity contribution is 7.98. The van der Waals surface area contributed by atoms with Crippen molar-refractivity contribution in [1.29, 1.82) is 0 Å². The number of rotatable bonds is 9. The zero-order valence-electron chi connectivity index (χ0n) is 14.4. The fourth-order valence-electron chi connectivity index (χ4n) is 2.17. The van der Waals surface area contributed by atoms with E-state index in [1.807, 2.05) is 30.0 Å². The van der Waals surface area contributed by atoms with Crippen molar-refractivity contribution in [3.8, 4) is 10.6 Å². The van der Waals surface area contributed by atoms with Crippen LogP contribution in [0.1, 0.15) is 25.5 Å². The summed E-state index contributed by atoms with van der Waals surface area (Å²) in [6.07, 6.45) is 4.55. The second kappa shape index (κ2) is 11.1. The fourth-order valence-corrected chi connectivity index (χ4v) is 3.48. The van der Waals surface area contributed by atoms with Gasteiger partial charge in [0.1, 0.15) is 5.01 Å². The second-order valence-corrected chi connectivity index (χ2v) is 7.18. The van der Waals surface area contributed by atoms with Crippen LogP contribution in [0.3, 0.4) is 0 Å². The van der Waals surface area contributed by atoms with E-state index in [1.54, 1.807) is 11.3 Å². The summed E-state index contributed by atoms with van der Waals surface area (Å²) in [4.78, 5) is 9.33. The lowest BCUT2D eigenvalue weighted by Crippen LogP contribution is -2.37. The predicted molar refractivity (Wildman–Crippen MR) is 108 cm³/mol. The molecule has 0 aliphatic heterocycles. The summed E-state index contributed by atoms with van der Waals surface area (Å²) < 4.78 is 0. The van der Waals surface area contributed by atoms with Crippen LogP contribution >= 0.6 is 23.1 Å². The van der Waals surface area contributed by atoms with E-state index in [0.717, 1.165) is 35.3 Å². The molecule has 130 valence electrons. The number of aliphatic imine (C=N–C) groups is 1. The van der Waals surface area contributed by atoms with E-state index in [9.17, 15) is 0 Å². The van der Waals surface area contributed by atoms with Crippen LogP contribution in [-0.4, -0.2) is 36.0 Å². The molecule has 4 nitrogen and oxygen atoms in total. The molecule has 1 heterocycles. The molecule has 0 bridgehead atoms. The Labute approximate surface area is 153 Å². The Morgan fingerprint density at radius 2 is 2.04 bits per heavy atom. The minimum absolute atomic E-state index is 0.601. The van der Waals surface area contributed by atoms with Crippen LogP contribution < -0.4 is 10.6 Å². The van der Waals surface area contributed by atoms with E-state index in [-0.39, 0.29) is 0 Å². The lowest BCUT2D eigenvalue weighted by Gasteiger charge is -2.10. The van der Waals surface area contributed by atoms with Crippen molar-refractivity contribution in [2.75, 3.05) is 25.1 Å². The molecule has 2 rings (SSSR count). The molecule has 24 heavy (non-hydrogen) atoms. The van der Waals surface area contributed by atoms with Gasteiger partial charge in [-0.15, -0.1) is 11.3 Å². The molecule has 2 aromatic rings. The van der Waals surface area contributed by atoms with Gasteiger partial charge in [0.2, 0.25) is 0 Å². The van der Waals surface area contributed by atoms with Crippen molar-refractivity contribution >= 4 is 29.1 Å². The number of guanidine groups is 1. The van der Waals surface area contributed by atoms with Crippen LogP contribution in [0, 0.1) is 0 Å². The largest absolute Gasteiger partial charge is 0.357 e. The number of nitrogens with zero attached hydrogens (tertiary/aromatic N) is 2. The molecule has 0 atom stereocenters. The number of thioether (sulfide) groups is 1. The standard InChI is InChI=1S/C18H26N4S2/c1-3-19-18(20-11-7-8-12-23-2)21-13-16-14-24-17(22-16)15-9-5-4-6-10-15/h4-6,9-10,14H,3,7-8,11-13H2,1-2H3,(H2,19,20,21). The van der Waals surface area contributed by atoms with Gasteiger partial charge in [-0.25, -0.2) is 9.98 Å². The average Bonchev–Trinajstić information content (AvgIpc) is 3.09. The van der Waals surface area contributed by atoms with Crippen LogP contribution in [-0.2, 0) is 6.54 Å². The smallest absolute Gasteiger partial charge is 0.191 e. The first kappa shape index (κ1) is 18.8. The molecule has 0 unspecified atom stereocenters. The second-order valence-electron chi connectivity index (χ2n) is 5.33. The molecule has 1 aromatic carbocycles. The third kappa shape index (κ3) is 6.53. The molecule has 0 radical (unpaired) electrons. The van der Waals surface area contributed by atoms with Crippen molar-refractivity contribution < 1.29 is 0 Å². The van der Waals surface area contributed by atoms with Gasteiger partial charge in [-0.05, 0) is 31.8 Å². The number of hydrogen-bond acceptors (Lipinski definition) is 4. The van der Waals surface area contributed by atoms with Gasteiger partial charge in [0.15, 0.2) is 5.96 Å². The molecular weight excluding hydrogens is 336 g/mol. The maximum absolute atomic E-state index is 4.69. The molecule has 0 saturated carbocycles. The topological polar surface area (TPSA) is 49.3 Å². The summed E-state index contributed by atoms with van der Waals surface area (Å²) in [5, 5.41) is 9.83. The van der Waals surface area contributed by atoms with Crippen LogP contribution in [0.5, 0.6) is 0 Å². The van der Waals surface area contributed by atoms with Gasteiger partial charge in [0.25, 0.3) is 0 Å². The zero-order chi connectivity index (χ0) is 17.0. The molecule has 0 saturated heterocycles. The van der Waals surface area contributed by atoms with E-state index in [1.165, 1.54) is 18.6 Å². The molecule has 0 spiro atoms. The van der Waals surface area contributed by atoms with Gasteiger partial charge in [-0.3, -0.25) is 0 Å². The number of hydrogen-bond donors (Lipinski definition) is 2. The first-order valence-electron chi connectivity index (χ1n) is 8.34. The molecule has 0 fully saturated rings. The maximum atomic E-state index is 4.69. The molecule has 0 amide bonds. The Morgan fingerprint density at radius 3 is 2.79 bits per heavy atom. The van der Waals surface area contributed by atoms with Gasteiger partial charge in [0.05, 0.1) is 12.2 Å². The lowest BCUT2D eigenvalue weighted by molar-refractivity contribution is 0.734. The maximum Gasteiger partial charge on any atom is 0.191 e. The van der Waals surface area contributed by atoms with E-state index < -0.39 is 0 Å². The molecule has 0 aliphatic rings. The summed E-state index contributed by atoms with van der Waals surface area (Å²) in [7, 11) is 0. The molecule has 2 N–H and O–H groups in total. The highest BCUT2D eigenvalue weighted by Gasteiger charge is 2.04. The summed E-state index contributed by atoms with van der Waals surface area (Å²) in [6, 6.07) is 10.3. The fraction of sp³-hybridized carbons (Fsp3) is 0.444. The Kier molecular flexibility index (Phi) is 8.70. The first-order valence-corrected chi connectivity index (χ1v) is 10.6. The lowest BCUT2D eigenvalue weighted by atomic mass is 10.2. The van der Waals surface area contributed by atoms with Crippen LogP contribution in [0.25, 0.3) is 10.6 Å². The highest BCUT2D eigenvalue weighted by Crippen LogP contribution is 2.23. The summed E-state index contributed by atoms with van der Waals surface area (Å²) in [5.41, 5.74) is 2.18. The van der Waals surface area contributed by atoms with Gasteiger partial charge in [-0.2, -0.15) is 11.8 Å². The van der Waals surface area contributed by atoms with E-state index >= 15 is 0 Å². The minimum atomic E-state index is 0.601. The van der Waals surface area contributed by atoms with Gasteiger partial charge in [0, 0.05) is 24.0 Å². The third-order valence-electron chi connectivity index (χ3n) is 3.38. The Bertz CT molecular complexity index is 610. The van der Waals surface area contributed by atoms with E-state index in [4.69, 9.17) is 0 Å². The molecular formula is C18H26N4S2. The minimum Gasteiger partial charge on any atom is -0.357 e. The van der Waals surface area contributed by atoms with Gasteiger partial charge >= 0.3 is 0 Å². The van der Waals surface area contributed by atoms with Crippen LogP contribution in [0.2, 0.25) is 0 Å². The summed E-state index contributed by atoms with van der Waals surface area (Å²) in [5.74, 6) is 2.09. The highest BCUT2D eigenvalue weighted by atomic mass is 32.2. The van der Waals surface area contributed by atoms with Gasteiger partial charge < -0.3 is 10.6 Å². The van der Waals surface area contributed by atoms with Crippen molar-refractivity contribution in [1.82, 2.24) is 15.6 Å². The number of benzene rings is 1. The van der Waals surface area contributed by atoms with Crippen molar-refractivity contribution in [3.63, 3.8) is 0 Å². The zero-order valence-corrected chi connectivity index (χ0v) is 16.1. The van der Waals surface area contributed by atoms with Crippen molar-refractivity contribution in [2.45, 2.75) is 26.3 Å². The average molecular weight is 363 g/mol. The molecule has 0 aliphatic carbocycles. The monoisotopic (exact) mass is 362 g/mol. The predicted octanol–water partition coefficient (Wildman–Crippen LogP) is 4.01. The van der Waals surface area contributed by atoms with Crippen molar-refractivity contribution in [3.05, 3.63) is 41.4 Å². The molecule has 1 aromatic heterocycles. The first-order chi connectivity index (χ1) is 11.8. The number of unbranched alkanes of at least 4 members (excludes halogenated alkanes) is 1. The third-order valence-corrected chi connectivity index (χ3v) is 5.02. The Morgan fingerprint density at radius 1 is 1.21 bits per heavy atom. The summed E-state index contributed by atoms with van der Waals surface area (Å²) >= 11 is 3.57. The SMILES string of the molecule is CCNC(=NCc1csc(-c2ccccc2)n1)NCCCCSC. The van der Waals surface area contributed by atoms with Gasteiger partial charge in [-0.1, -0.05) is 30.3 Å². The summed E-state index contributed by atoms with van der Waals surface area (Å²) in [6.45, 7) is 4.51. The molecule has 6 heteroatoms.